The molecule has 2 N–H and O–H groups in total. The zero-order chi connectivity index (χ0) is 12.3. The number of aliphatic carboxylic acids is 1. The highest BCUT2D eigenvalue weighted by atomic mass is 16.4. The molecular formula is C12H20N2O3. The van der Waals surface area contributed by atoms with E-state index in [1.165, 1.54) is 12.8 Å². The van der Waals surface area contributed by atoms with Crippen LogP contribution in [0.25, 0.3) is 0 Å². The third-order valence-electron chi connectivity index (χ3n) is 3.80. The molecule has 0 bridgehead atoms. The van der Waals surface area contributed by atoms with Crippen LogP contribution in [0.15, 0.2) is 0 Å². The van der Waals surface area contributed by atoms with Crippen molar-refractivity contribution in [1.82, 2.24) is 10.2 Å². The summed E-state index contributed by atoms with van der Waals surface area (Å²) in [7, 11) is 0. The van der Waals surface area contributed by atoms with Gasteiger partial charge < -0.3 is 10.4 Å². The molecule has 5 heteroatoms. The van der Waals surface area contributed by atoms with E-state index in [0.717, 1.165) is 25.7 Å². The maximum Gasteiger partial charge on any atom is 0.322 e. The number of carboxylic acid groups (broad SMARTS) is 1. The Bertz CT molecular complexity index is 298. The molecule has 0 aromatic carbocycles. The van der Waals surface area contributed by atoms with E-state index < -0.39 is 12.0 Å². The van der Waals surface area contributed by atoms with Crippen molar-refractivity contribution in [3.05, 3.63) is 0 Å². The van der Waals surface area contributed by atoms with E-state index >= 15 is 0 Å². The lowest BCUT2D eigenvalue weighted by Crippen LogP contribution is -2.60. The Hall–Kier alpha value is -1.10. The molecule has 1 unspecified atom stereocenters. The SMILES string of the molecule is O=C1CN(C2CCCCCC2)C(C(=O)O)CN1. The molecule has 2 fully saturated rings. The average molecular weight is 240 g/mol. The summed E-state index contributed by atoms with van der Waals surface area (Å²) in [5.74, 6) is -0.874. The number of amides is 1. The van der Waals surface area contributed by atoms with Gasteiger partial charge in [0.1, 0.15) is 6.04 Å². The van der Waals surface area contributed by atoms with Gasteiger partial charge in [0.15, 0.2) is 0 Å². The maximum atomic E-state index is 11.4. The van der Waals surface area contributed by atoms with Gasteiger partial charge in [0.05, 0.1) is 6.54 Å². The van der Waals surface area contributed by atoms with Crippen LogP contribution in [0, 0.1) is 0 Å². The van der Waals surface area contributed by atoms with Gasteiger partial charge in [0.25, 0.3) is 0 Å². The van der Waals surface area contributed by atoms with Crippen LogP contribution in [0.5, 0.6) is 0 Å². The normalized spacial score (nSPS) is 28.5. The molecule has 2 aliphatic rings. The number of carboxylic acids is 1. The van der Waals surface area contributed by atoms with E-state index in [0.29, 0.717) is 0 Å². The summed E-state index contributed by atoms with van der Waals surface area (Å²) < 4.78 is 0. The number of rotatable bonds is 2. The molecule has 1 saturated heterocycles. The molecule has 1 amide bonds. The number of hydrogen-bond donors (Lipinski definition) is 2. The second-order valence-corrected chi connectivity index (χ2v) is 4.98. The molecule has 17 heavy (non-hydrogen) atoms. The van der Waals surface area contributed by atoms with Gasteiger partial charge in [-0.15, -0.1) is 0 Å². The number of nitrogens with one attached hydrogen (secondary N) is 1. The lowest BCUT2D eigenvalue weighted by Gasteiger charge is -2.38. The molecule has 5 nitrogen and oxygen atoms in total. The Kier molecular flexibility index (Phi) is 3.99. The summed E-state index contributed by atoms with van der Waals surface area (Å²) in [4.78, 5) is 24.5. The van der Waals surface area contributed by atoms with Crippen LogP contribution < -0.4 is 5.32 Å². The summed E-state index contributed by atoms with van der Waals surface area (Å²) in [5, 5.41) is 11.8. The quantitative estimate of drug-likeness (QED) is 0.693. The van der Waals surface area contributed by atoms with Crippen LogP contribution in [0.4, 0.5) is 0 Å². The van der Waals surface area contributed by atoms with Crippen LogP contribution in [0.2, 0.25) is 0 Å². The highest BCUT2D eigenvalue weighted by Gasteiger charge is 2.36. The first kappa shape index (κ1) is 12.4. The molecule has 96 valence electrons. The molecule has 0 aromatic rings. The molecule has 1 aliphatic carbocycles. The van der Waals surface area contributed by atoms with Crippen LogP contribution >= 0.6 is 0 Å². The fourth-order valence-corrected chi connectivity index (χ4v) is 2.86. The molecular weight excluding hydrogens is 220 g/mol. The van der Waals surface area contributed by atoms with Crippen molar-refractivity contribution in [3.8, 4) is 0 Å². The first-order chi connectivity index (χ1) is 8.18. The predicted molar refractivity (Wildman–Crippen MR) is 62.6 cm³/mol. The van der Waals surface area contributed by atoms with E-state index in [1.807, 2.05) is 4.90 Å². The van der Waals surface area contributed by atoms with Crippen LogP contribution in [0.3, 0.4) is 0 Å². The molecule has 1 saturated carbocycles. The van der Waals surface area contributed by atoms with Crippen LogP contribution in [-0.4, -0.2) is 47.1 Å². The minimum Gasteiger partial charge on any atom is -0.480 e. The molecule has 1 atom stereocenters. The first-order valence-electron chi connectivity index (χ1n) is 6.44. The van der Waals surface area contributed by atoms with Crippen molar-refractivity contribution in [2.45, 2.75) is 50.6 Å². The fraction of sp³-hybridized carbons (Fsp3) is 0.833. The summed E-state index contributed by atoms with van der Waals surface area (Å²) >= 11 is 0. The van der Waals surface area contributed by atoms with Gasteiger partial charge in [0, 0.05) is 12.6 Å². The average Bonchev–Trinajstić information content (AvgIpc) is 2.56. The molecule has 1 heterocycles. The second-order valence-electron chi connectivity index (χ2n) is 4.98. The zero-order valence-corrected chi connectivity index (χ0v) is 10.0. The van der Waals surface area contributed by atoms with Crippen LogP contribution in [-0.2, 0) is 9.59 Å². The molecule has 0 aromatic heterocycles. The van der Waals surface area contributed by atoms with Gasteiger partial charge >= 0.3 is 5.97 Å². The third kappa shape index (κ3) is 2.97. The summed E-state index contributed by atoms with van der Waals surface area (Å²) in [6.45, 7) is 0.478. The predicted octanol–water partition coefficient (Wildman–Crippen LogP) is 0.594. The van der Waals surface area contributed by atoms with E-state index in [-0.39, 0.29) is 25.0 Å². The highest BCUT2D eigenvalue weighted by molar-refractivity contribution is 5.83. The summed E-state index contributed by atoms with van der Waals surface area (Å²) in [6.07, 6.45) is 6.81. The minimum atomic E-state index is -0.825. The van der Waals surface area contributed by atoms with E-state index in [9.17, 15) is 14.7 Å². The maximum absolute atomic E-state index is 11.4. The smallest absolute Gasteiger partial charge is 0.322 e. The van der Waals surface area contributed by atoms with Gasteiger partial charge in [-0.3, -0.25) is 14.5 Å². The fourth-order valence-electron chi connectivity index (χ4n) is 2.86. The van der Waals surface area contributed by atoms with Gasteiger partial charge in [-0.2, -0.15) is 0 Å². The van der Waals surface area contributed by atoms with E-state index in [2.05, 4.69) is 5.32 Å². The van der Waals surface area contributed by atoms with E-state index in [1.54, 1.807) is 0 Å². The number of nitrogens with zero attached hydrogens (tertiary/aromatic N) is 1. The lowest BCUT2D eigenvalue weighted by molar-refractivity contribution is -0.147. The second kappa shape index (κ2) is 5.49. The largest absolute Gasteiger partial charge is 0.480 e. The summed E-state index contributed by atoms with van der Waals surface area (Å²) in [6, 6.07) is -0.277. The summed E-state index contributed by atoms with van der Waals surface area (Å²) in [5.41, 5.74) is 0. The molecule has 0 spiro atoms. The highest BCUT2D eigenvalue weighted by Crippen LogP contribution is 2.24. The van der Waals surface area contributed by atoms with Gasteiger partial charge in [-0.25, -0.2) is 0 Å². The minimum absolute atomic E-state index is 0.0493. The van der Waals surface area contributed by atoms with Gasteiger partial charge in [-0.1, -0.05) is 25.7 Å². The third-order valence-corrected chi connectivity index (χ3v) is 3.80. The standard InChI is InChI=1S/C12H20N2O3/c15-11-8-14(10(7-13-11)12(16)17)9-5-3-1-2-4-6-9/h9-10H,1-8H2,(H,13,15)(H,16,17). The monoisotopic (exact) mass is 240 g/mol. The first-order valence-corrected chi connectivity index (χ1v) is 6.44. The van der Waals surface area contributed by atoms with Crippen molar-refractivity contribution in [2.75, 3.05) is 13.1 Å². The van der Waals surface area contributed by atoms with Crippen molar-refractivity contribution < 1.29 is 14.7 Å². The van der Waals surface area contributed by atoms with Crippen molar-refractivity contribution in [2.24, 2.45) is 0 Å². The van der Waals surface area contributed by atoms with Gasteiger partial charge in [0.2, 0.25) is 5.91 Å². The Morgan fingerprint density at radius 1 is 1.24 bits per heavy atom. The van der Waals surface area contributed by atoms with Gasteiger partial charge in [-0.05, 0) is 12.8 Å². The van der Waals surface area contributed by atoms with Crippen molar-refractivity contribution >= 4 is 11.9 Å². The van der Waals surface area contributed by atoms with E-state index in [4.69, 9.17) is 0 Å². The van der Waals surface area contributed by atoms with Crippen LogP contribution in [0.1, 0.15) is 38.5 Å². The lowest BCUT2D eigenvalue weighted by atomic mass is 10.0. The van der Waals surface area contributed by atoms with Crippen molar-refractivity contribution in [1.29, 1.82) is 0 Å². The zero-order valence-electron chi connectivity index (χ0n) is 10.0. The Morgan fingerprint density at radius 3 is 2.47 bits per heavy atom. The molecule has 2 rings (SSSR count). The number of carbonyl (C=O) groups is 2. The Labute approximate surface area is 101 Å². The molecule has 1 aliphatic heterocycles. The topological polar surface area (TPSA) is 69.6 Å². The number of hydrogen-bond acceptors (Lipinski definition) is 3. The molecule has 0 radical (unpaired) electrons. The Morgan fingerprint density at radius 2 is 1.88 bits per heavy atom. The van der Waals surface area contributed by atoms with Crippen molar-refractivity contribution in [3.63, 3.8) is 0 Å². The Balaban J connectivity index is 2.07. The number of piperazine rings is 1. The number of carbonyl (C=O) groups excluding carboxylic acids is 1.